The number of carboxylic acid groups (broad SMARTS) is 1. The first-order chi connectivity index (χ1) is 9.97. The summed E-state index contributed by atoms with van der Waals surface area (Å²) >= 11 is 0. The van der Waals surface area contributed by atoms with E-state index in [9.17, 15) is 9.59 Å². The molecule has 1 N–H and O–H groups in total. The first-order valence-electron chi connectivity index (χ1n) is 7.27. The van der Waals surface area contributed by atoms with E-state index < -0.39 is 5.97 Å². The van der Waals surface area contributed by atoms with Crippen molar-refractivity contribution in [3.63, 3.8) is 0 Å². The Balaban J connectivity index is 2.10. The van der Waals surface area contributed by atoms with E-state index in [1.807, 2.05) is 19.9 Å². The molecule has 0 heterocycles. The molecule has 0 radical (unpaired) electrons. The van der Waals surface area contributed by atoms with Gasteiger partial charge in [0.05, 0.1) is 12.5 Å². The number of aliphatic carboxylic acids is 1. The average Bonchev–Trinajstić information content (AvgIpc) is 3.22. The van der Waals surface area contributed by atoms with Crippen LogP contribution in [0, 0.1) is 0 Å². The number of hydrogen-bond acceptors (Lipinski definition) is 3. The zero-order valence-electron chi connectivity index (χ0n) is 12.4. The number of amides is 1. The maximum Gasteiger partial charge on any atom is 0.305 e. The first kappa shape index (κ1) is 15.4. The zero-order chi connectivity index (χ0) is 15.4. The zero-order valence-corrected chi connectivity index (χ0v) is 12.4. The molecule has 1 aliphatic rings. The van der Waals surface area contributed by atoms with Crippen LogP contribution >= 0.6 is 0 Å². The van der Waals surface area contributed by atoms with Gasteiger partial charge in [-0.1, -0.05) is 6.07 Å². The number of carboxylic acids is 1. The number of ether oxygens (including phenoxy) is 1. The molecule has 1 saturated carbocycles. The van der Waals surface area contributed by atoms with Gasteiger partial charge in [0.25, 0.3) is 5.91 Å². The third-order valence-electron chi connectivity index (χ3n) is 3.27. The molecule has 1 aromatic carbocycles. The maximum absolute atomic E-state index is 12.6. The summed E-state index contributed by atoms with van der Waals surface area (Å²) in [7, 11) is 0. The van der Waals surface area contributed by atoms with E-state index in [1.165, 1.54) is 0 Å². The molecule has 0 aliphatic heterocycles. The summed E-state index contributed by atoms with van der Waals surface area (Å²) in [6, 6.07) is 7.25. The lowest BCUT2D eigenvalue weighted by Gasteiger charge is -2.22. The standard InChI is InChI=1S/C16H21NO4/c1-11(2)21-14-5-3-4-12(10-14)16(20)17(13-6-7-13)9-8-15(18)19/h3-5,10-11,13H,6-9H2,1-2H3,(H,18,19). The Hall–Kier alpha value is -2.04. The van der Waals surface area contributed by atoms with Gasteiger partial charge in [-0.3, -0.25) is 9.59 Å². The molecule has 1 amide bonds. The van der Waals surface area contributed by atoms with Crippen molar-refractivity contribution in [2.75, 3.05) is 6.54 Å². The Morgan fingerprint density at radius 2 is 2.10 bits per heavy atom. The normalized spacial score (nSPS) is 14.0. The van der Waals surface area contributed by atoms with Crippen LogP contribution in [-0.2, 0) is 4.79 Å². The van der Waals surface area contributed by atoms with Crippen molar-refractivity contribution in [2.45, 2.75) is 45.3 Å². The minimum atomic E-state index is -0.884. The predicted octanol–water partition coefficient (Wildman–Crippen LogP) is 2.55. The van der Waals surface area contributed by atoms with Crippen LogP contribution in [0.15, 0.2) is 24.3 Å². The number of nitrogens with zero attached hydrogens (tertiary/aromatic N) is 1. The van der Waals surface area contributed by atoms with Gasteiger partial charge in [-0.15, -0.1) is 0 Å². The Morgan fingerprint density at radius 3 is 2.67 bits per heavy atom. The lowest BCUT2D eigenvalue weighted by atomic mass is 10.1. The molecule has 0 atom stereocenters. The Labute approximate surface area is 124 Å². The van der Waals surface area contributed by atoms with Crippen molar-refractivity contribution in [2.24, 2.45) is 0 Å². The molecule has 0 saturated heterocycles. The summed E-state index contributed by atoms with van der Waals surface area (Å²) in [5.41, 5.74) is 0.547. The highest BCUT2D eigenvalue weighted by molar-refractivity contribution is 5.95. The SMILES string of the molecule is CC(C)Oc1cccc(C(=O)N(CCC(=O)O)C2CC2)c1. The molecule has 5 nitrogen and oxygen atoms in total. The molecular weight excluding hydrogens is 270 g/mol. The molecule has 114 valence electrons. The largest absolute Gasteiger partial charge is 0.491 e. The van der Waals surface area contributed by atoms with Crippen LogP contribution < -0.4 is 4.74 Å². The van der Waals surface area contributed by atoms with Gasteiger partial charge in [0.1, 0.15) is 5.75 Å². The van der Waals surface area contributed by atoms with Gasteiger partial charge < -0.3 is 14.7 Å². The summed E-state index contributed by atoms with van der Waals surface area (Å²) < 4.78 is 5.59. The summed E-state index contributed by atoms with van der Waals surface area (Å²) in [5.74, 6) is -0.344. The van der Waals surface area contributed by atoms with Crippen LogP contribution in [0.2, 0.25) is 0 Å². The predicted molar refractivity (Wildman–Crippen MR) is 78.5 cm³/mol. The fourth-order valence-electron chi connectivity index (χ4n) is 2.19. The van der Waals surface area contributed by atoms with Gasteiger partial charge in [0.2, 0.25) is 0 Å². The van der Waals surface area contributed by atoms with Gasteiger partial charge in [-0.05, 0) is 44.9 Å². The minimum Gasteiger partial charge on any atom is -0.491 e. The monoisotopic (exact) mass is 291 g/mol. The fourth-order valence-corrected chi connectivity index (χ4v) is 2.19. The van der Waals surface area contributed by atoms with Gasteiger partial charge in [-0.2, -0.15) is 0 Å². The first-order valence-corrected chi connectivity index (χ1v) is 7.27. The van der Waals surface area contributed by atoms with Crippen molar-refractivity contribution in [3.05, 3.63) is 29.8 Å². The van der Waals surface area contributed by atoms with Crippen LogP contribution in [0.3, 0.4) is 0 Å². The molecule has 0 aromatic heterocycles. The molecular formula is C16H21NO4. The van der Waals surface area contributed by atoms with E-state index in [2.05, 4.69) is 0 Å². The Morgan fingerprint density at radius 1 is 1.38 bits per heavy atom. The molecule has 21 heavy (non-hydrogen) atoms. The van der Waals surface area contributed by atoms with E-state index in [4.69, 9.17) is 9.84 Å². The highest BCUT2D eigenvalue weighted by Gasteiger charge is 2.33. The van der Waals surface area contributed by atoms with Crippen molar-refractivity contribution < 1.29 is 19.4 Å². The summed E-state index contributed by atoms with van der Waals surface area (Å²) in [5, 5.41) is 8.80. The maximum atomic E-state index is 12.6. The molecule has 0 spiro atoms. The van der Waals surface area contributed by atoms with Crippen molar-refractivity contribution in [1.82, 2.24) is 4.90 Å². The number of hydrogen-bond donors (Lipinski definition) is 1. The summed E-state index contributed by atoms with van der Waals surface area (Å²) in [4.78, 5) is 24.9. The second kappa shape index (κ2) is 6.61. The Bertz CT molecular complexity index is 523. The van der Waals surface area contributed by atoms with Crippen LogP contribution in [0.25, 0.3) is 0 Å². The second-order valence-corrected chi connectivity index (χ2v) is 5.57. The van der Waals surface area contributed by atoms with Crippen molar-refractivity contribution >= 4 is 11.9 Å². The van der Waals surface area contributed by atoms with Gasteiger partial charge in [-0.25, -0.2) is 0 Å². The van der Waals surface area contributed by atoms with E-state index in [0.29, 0.717) is 11.3 Å². The Kier molecular flexibility index (Phi) is 4.83. The van der Waals surface area contributed by atoms with Gasteiger partial charge in [0.15, 0.2) is 0 Å². The lowest BCUT2D eigenvalue weighted by molar-refractivity contribution is -0.137. The van der Waals surface area contributed by atoms with E-state index >= 15 is 0 Å². The summed E-state index contributed by atoms with van der Waals surface area (Å²) in [6.07, 6.45) is 1.92. The third kappa shape index (κ3) is 4.48. The van der Waals surface area contributed by atoms with E-state index in [0.717, 1.165) is 12.8 Å². The van der Waals surface area contributed by atoms with Gasteiger partial charge in [0, 0.05) is 18.2 Å². The molecule has 1 aliphatic carbocycles. The lowest BCUT2D eigenvalue weighted by Crippen LogP contribution is -2.35. The molecule has 1 fully saturated rings. The second-order valence-electron chi connectivity index (χ2n) is 5.57. The van der Waals surface area contributed by atoms with Crippen LogP contribution in [0.4, 0.5) is 0 Å². The van der Waals surface area contributed by atoms with E-state index in [-0.39, 0.29) is 31.0 Å². The number of rotatable bonds is 7. The molecule has 2 rings (SSSR count). The van der Waals surface area contributed by atoms with Crippen LogP contribution in [0.1, 0.15) is 43.5 Å². The third-order valence-corrected chi connectivity index (χ3v) is 3.27. The van der Waals surface area contributed by atoms with E-state index in [1.54, 1.807) is 23.1 Å². The number of benzene rings is 1. The smallest absolute Gasteiger partial charge is 0.305 e. The average molecular weight is 291 g/mol. The van der Waals surface area contributed by atoms with Gasteiger partial charge >= 0.3 is 5.97 Å². The van der Waals surface area contributed by atoms with Crippen molar-refractivity contribution in [3.8, 4) is 5.75 Å². The quantitative estimate of drug-likeness (QED) is 0.838. The fraction of sp³-hybridized carbons (Fsp3) is 0.500. The topological polar surface area (TPSA) is 66.8 Å². The van der Waals surface area contributed by atoms with Crippen LogP contribution in [0.5, 0.6) is 5.75 Å². The van der Waals surface area contributed by atoms with Crippen LogP contribution in [-0.4, -0.2) is 40.6 Å². The summed E-state index contributed by atoms with van der Waals surface area (Å²) in [6.45, 7) is 4.11. The molecule has 0 unspecified atom stereocenters. The highest BCUT2D eigenvalue weighted by atomic mass is 16.5. The highest BCUT2D eigenvalue weighted by Crippen LogP contribution is 2.29. The number of carbonyl (C=O) groups excluding carboxylic acids is 1. The number of carbonyl (C=O) groups is 2. The van der Waals surface area contributed by atoms with Crippen molar-refractivity contribution in [1.29, 1.82) is 0 Å². The molecule has 5 heteroatoms. The minimum absolute atomic E-state index is 0.0234. The molecule has 0 bridgehead atoms. The molecule has 1 aromatic rings.